The van der Waals surface area contributed by atoms with Crippen LogP contribution in [-0.2, 0) is 6.54 Å². The Morgan fingerprint density at radius 3 is 2.38 bits per heavy atom. The Balaban J connectivity index is 1.77. The van der Waals surface area contributed by atoms with Crippen LogP contribution >= 0.6 is 0 Å². The lowest BCUT2D eigenvalue weighted by Gasteiger charge is -2.33. The number of amides is 2. The lowest BCUT2D eigenvalue weighted by Crippen LogP contribution is -2.47. The van der Waals surface area contributed by atoms with Gasteiger partial charge >= 0.3 is 6.09 Å². The van der Waals surface area contributed by atoms with Crippen molar-refractivity contribution in [2.24, 2.45) is 0 Å². The van der Waals surface area contributed by atoms with Gasteiger partial charge in [0.1, 0.15) is 17.3 Å². The molecular formula is C22H23F2N5O3. The Hall–Kier alpha value is -3.53. The number of imidazole rings is 1. The molecule has 2 amide bonds. The number of aryl methyl sites for hydroxylation is 1. The highest BCUT2D eigenvalue weighted by Gasteiger charge is 2.26. The number of halogens is 2. The number of pyridine rings is 1. The van der Waals surface area contributed by atoms with Gasteiger partial charge in [-0.05, 0) is 36.8 Å². The van der Waals surface area contributed by atoms with Crippen molar-refractivity contribution in [1.82, 2.24) is 24.5 Å². The quantitative estimate of drug-likeness (QED) is 0.647. The topological polar surface area (TPSA) is 90.2 Å². The van der Waals surface area contributed by atoms with E-state index in [0.717, 1.165) is 17.7 Å². The van der Waals surface area contributed by atoms with Gasteiger partial charge in [0.05, 0.1) is 17.0 Å². The van der Waals surface area contributed by atoms with E-state index in [-0.39, 0.29) is 16.8 Å². The molecule has 1 fully saturated rings. The maximum absolute atomic E-state index is 15.0. The molecule has 1 aromatic carbocycles. The Morgan fingerprint density at radius 2 is 1.78 bits per heavy atom. The Bertz CT molecular complexity index is 1180. The first-order valence-corrected chi connectivity index (χ1v) is 10.2. The molecule has 3 aromatic rings. The molecule has 1 saturated heterocycles. The third-order valence-corrected chi connectivity index (χ3v) is 5.66. The summed E-state index contributed by atoms with van der Waals surface area (Å²) in [6.45, 7) is 3.92. The average molecular weight is 443 g/mol. The molecule has 0 radical (unpaired) electrons. The first kappa shape index (κ1) is 21.7. The molecule has 3 heterocycles. The van der Waals surface area contributed by atoms with Crippen molar-refractivity contribution in [3.8, 4) is 11.3 Å². The molecule has 2 aromatic heterocycles. The van der Waals surface area contributed by atoms with Gasteiger partial charge in [-0.2, -0.15) is 0 Å². The summed E-state index contributed by atoms with van der Waals surface area (Å²) in [4.78, 5) is 30.9. The number of nitrogens with one attached hydrogen (secondary N) is 1. The summed E-state index contributed by atoms with van der Waals surface area (Å²) in [5.74, 6) is -2.34. The lowest BCUT2D eigenvalue weighted by atomic mass is 10.0. The first-order valence-electron chi connectivity index (χ1n) is 10.2. The van der Waals surface area contributed by atoms with Crippen LogP contribution in [0.4, 0.5) is 13.6 Å². The van der Waals surface area contributed by atoms with Gasteiger partial charge in [0.25, 0.3) is 5.91 Å². The number of carbonyl (C=O) groups excluding carboxylic acids is 1. The van der Waals surface area contributed by atoms with Gasteiger partial charge in [-0.25, -0.2) is 18.6 Å². The van der Waals surface area contributed by atoms with E-state index in [1.54, 1.807) is 10.6 Å². The van der Waals surface area contributed by atoms with Crippen LogP contribution < -0.4 is 5.32 Å². The molecule has 1 aliphatic heterocycles. The predicted octanol–water partition coefficient (Wildman–Crippen LogP) is 2.74. The third kappa shape index (κ3) is 4.01. The molecule has 0 unspecified atom stereocenters. The summed E-state index contributed by atoms with van der Waals surface area (Å²) in [6, 6.07) is 5.71. The summed E-state index contributed by atoms with van der Waals surface area (Å²) in [7, 11) is 1.39. The van der Waals surface area contributed by atoms with E-state index in [1.165, 1.54) is 11.9 Å². The number of carboxylic acid groups (broad SMARTS) is 1. The number of carbonyl (C=O) groups is 2. The molecule has 4 rings (SSSR count). The van der Waals surface area contributed by atoms with Gasteiger partial charge in [-0.3, -0.25) is 9.69 Å². The van der Waals surface area contributed by atoms with E-state index >= 15 is 8.78 Å². The number of nitrogens with zero attached hydrogens (tertiary/aromatic N) is 4. The maximum atomic E-state index is 15.0. The summed E-state index contributed by atoms with van der Waals surface area (Å²) < 4.78 is 31.9. The van der Waals surface area contributed by atoms with Gasteiger partial charge in [0.15, 0.2) is 0 Å². The summed E-state index contributed by atoms with van der Waals surface area (Å²) >= 11 is 0. The highest BCUT2D eigenvalue weighted by molar-refractivity contribution is 5.94. The van der Waals surface area contributed by atoms with Crippen molar-refractivity contribution in [2.45, 2.75) is 13.5 Å². The fourth-order valence-corrected chi connectivity index (χ4v) is 3.93. The fourth-order valence-electron chi connectivity index (χ4n) is 3.93. The smallest absolute Gasteiger partial charge is 0.407 e. The standard InChI is InChI=1S/C22H23F2N5O3/c1-13-3-4-29-17(12-27-5-7-28(8-6-27)22(31)32)20(26-18(29)9-13)19-15(23)10-14(11-16(19)24)21(30)25-2/h3-4,9-11H,5-8,12H2,1-2H3,(H,25,30)(H,31,32). The Morgan fingerprint density at radius 1 is 1.12 bits per heavy atom. The van der Waals surface area contributed by atoms with Gasteiger partial charge in [-0.15, -0.1) is 0 Å². The normalized spacial score (nSPS) is 14.7. The van der Waals surface area contributed by atoms with Crippen LogP contribution in [0.5, 0.6) is 0 Å². The van der Waals surface area contributed by atoms with Crippen molar-refractivity contribution in [2.75, 3.05) is 33.2 Å². The molecule has 168 valence electrons. The van der Waals surface area contributed by atoms with Crippen molar-refractivity contribution in [1.29, 1.82) is 0 Å². The van der Waals surface area contributed by atoms with Crippen molar-refractivity contribution >= 4 is 17.6 Å². The second-order valence-electron chi connectivity index (χ2n) is 7.78. The van der Waals surface area contributed by atoms with Crippen LogP contribution in [0.25, 0.3) is 16.9 Å². The van der Waals surface area contributed by atoms with Crippen LogP contribution in [0.2, 0.25) is 0 Å². The zero-order valence-electron chi connectivity index (χ0n) is 17.7. The molecule has 0 saturated carbocycles. The zero-order chi connectivity index (χ0) is 23.0. The number of piperazine rings is 1. The molecule has 0 spiro atoms. The number of fused-ring (bicyclic) bond motifs is 1. The second kappa shape index (κ2) is 8.54. The van der Waals surface area contributed by atoms with E-state index < -0.39 is 23.6 Å². The molecule has 0 aliphatic carbocycles. The number of hydrogen-bond acceptors (Lipinski definition) is 4. The minimum atomic E-state index is -0.962. The SMILES string of the molecule is CNC(=O)c1cc(F)c(-c2nc3cc(C)ccn3c2CN2CCN(C(=O)O)CC2)c(F)c1. The number of hydrogen-bond donors (Lipinski definition) is 2. The fraction of sp³-hybridized carbons (Fsp3) is 0.318. The number of aromatic nitrogens is 2. The van der Waals surface area contributed by atoms with E-state index in [9.17, 15) is 9.59 Å². The largest absolute Gasteiger partial charge is 0.465 e. The Labute approximate surface area is 183 Å². The van der Waals surface area contributed by atoms with Crippen molar-refractivity contribution in [3.63, 3.8) is 0 Å². The monoisotopic (exact) mass is 443 g/mol. The van der Waals surface area contributed by atoms with Crippen LogP contribution in [0.1, 0.15) is 21.6 Å². The summed E-state index contributed by atoms with van der Waals surface area (Å²) in [6.07, 6.45) is 0.842. The molecular weight excluding hydrogens is 420 g/mol. The van der Waals surface area contributed by atoms with Crippen LogP contribution in [0.15, 0.2) is 30.5 Å². The van der Waals surface area contributed by atoms with E-state index in [4.69, 9.17) is 5.11 Å². The van der Waals surface area contributed by atoms with Gasteiger partial charge in [0.2, 0.25) is 0 Å². The highest BCUT2D eigenvalue weighted by Crippen LogP contribution is 2.31. The predicted molar refractivity (Wildman–Crippen MR) is 114 cm³/mol. The molecule has 8 nitrogen and oxygen atoms in total. The van der Waals surface area contributed by atoms with Crippen LogP contribution in [0.3, 0.4) is 0 Å². The minimum absolute atomic E-state index is 0.114. The molecule has 10 heteroatoms. The summed E-state index contributed by atoms with van der Waals surface area (Å²) in [5, 5.41) is 11.5. The second-order valence-corrected chi connectivity index (χ2v) is 7.78. The average Bonchev–Trinajstić information content (AvgIpc) is 3.09. The van der Waals surface area contributed by atoms with Crippen LogP contribution in [-0.4, -0.2) is 69.5 Å². The van der Waals surface area contributed by atoms with Gasteiger partial charge < -0.3 is 19.7 Å². The zero-order valence-corrected chi connectivity index (χ0v) is 17.7. The van der Waals surface area contributed by atoms with Gasteiger partial charge in [0, 0.05) is 51.5 Å². The van der Waals surface area contributed by atoms with E-state index in [2.05, 4.69) is 10.3 Å². The first-order chi connectivity index (χ1) is 15.3. The molecule has 1 aliphatic rings. The Kier molecular flexibility index (Phi) is 5.79. The van der Waals surface area contributed by atoms with Crippen molar-refractivity contribution in [3.05, 3.63) is 58.9 Å². The van der Waals surface area contributed by atoms with E-state index in [0.29, 0.717) is 44.1 Å². The van der Waals surface area contributed by atoms with Crippen molar-refractivity contribution < 1.29 is 23.5 Å². The lowest BCUT2D eigenvalue weighted by molar-refractivity contribution is 0.0961. The minimum Gasteiger partial charge on any atom is -0.465 e. The number of rotatable bonds is 4. The molecule has 32 heavy (non-hydrogen) atoms. The van der Waals surface area contributed by atoms with Gasteiger partial charge in [-0.1, -0.05) is 0 Å². The number of benzene rings is 1. The summed E-state index contributed by atoms with van der Waals surface area (Å²) in [5.41, 5.74) is 1.85. The molecule has 2 N–H and O–H groups in total. The molecule has 0 bridgehead atoms. The van der Waals surface area contributed by atoms with Crippen LogP contribution in [0, 0.1) is 18.6 Å². The third-order valence-electron chi connectivity index (χ3n) is 5.66. The van der Waals surface area contributed by atoms with E-state index in [1.807, 2.05) is 24.0 Å². The molecule has 0 atom stereocenters. The maximum Gasteiger partial charge on any atom is 0.407 e. The highest BCUT2D eigenvalue weighted by atomic mass is 19.1.